The van der Waals surface area contributed by atoms with Crippen LogP contribution < -0.4 is 0 Å². The van der Waals surface area contributed by atoms with Crippen molar-refractivity contribution in [3.8, 4) is 11.4 Å². The molecule has 0 aliphatic carbocycles. The summed E-state index contributed by atoms with van der Waals surface area (Å²) in [4.78, 5) is 20.1. The topological polar surface area (TPSA) is 77.0 Å². The Morgan fingerprint density at radius 2 is 1.43 bits per heavy atom. The van der Waals surface area contributed by atoms with Crippen molar-refractivity contribution in [1.82, 2.24) is 9.97 Å². The van der Waals surface area contributed by atoms with Gasteiger partial charge >= 0.3 is 12.4 Å². The van der Waals surface area contributed by atoms with E-state index in [1.165, 1.54) is 43.3 Å². The summed E-state index contributed by atoms with van der Waals surface area (Å²) in [6.45, 7) is 1.24. The van der Waals surface area contributed by atoms with Crippen molar-refractivity contribution in [2.45, 2.75) is 24.2 Å². The molecule has 12 heteroatoms. The van der Waals surface area contributed by atoms with E-state index in [0.29, 0.717) is 17.7 Å². The molecule has 3 rings (SSSR count). The fourth-order valence-corrected chi connectivity index (χ4v) is 3.72. The van der Waals surface area contributed by atoms with E-state index in [1.807, 2.05) is 0 Å². The fraction of sp³-hybridized carbons (Fsp3) is 0.174. The van der Waals surface area contributed by atoms with E-state index < -0.39 is 50.5 Å². The average molecular weight is 514 g/mol. The monoisotopic (exact) mass is 514 g/mol. The van der Waals surface area contributed by atoms with E-state index in [1.54, 1.807) is 0 Å². The lowest BCUT2D eigenvalue weighted by Crippen LogP contribution is -2.11. The van der Waals surface area contributed by atoms with Gasteiger partial charge in [-0.25, -0.2) is 18.4 Å². The number of aromatic nitrogens is 2. The summed E-state index contributed by atoms with van der Waals surface area (Å²) >= 11 is 0. The standard InChI is InChI=1S/C23H16F6N2O3S/c1-13(32)20(14-3-5-19(6-4-14)35(2,33)34)12-18-7-8-30-21(31-18)15-9-16(22(24,25)26)11-17(10-15)23(27,28)29/h3-12H,1-2H3/b20-12-. The van der Waals surface area contributed by atoms with Gasteiger partial charge in [0.15, 0.2) is 21.4 Å². The van der Waals surface area contributed by atoms with Gasteiger partial charge < -0.3 is 0 Å². The Bertz CT molecular complexity index is 1380. The van der Waals surface area contributed by atoms with Crippen LogP contribution in [-0.2, 0) is 27.0 Å². The van der Waals surface area contributed by atoms with Gasteiger partial charge in [0, 0.05) is 23.6 Å². The first-order valence-electron chi connectivity index (χ1n) is 9.72. The van der Waals surface area contributed by atoms with Crippen LogP contribution in [0.25, 0.3) is 23.0 Å². The summed E-state index contributed by atoms with van der Waals surface area (Å²) in [5.41, 5.74) is -3.06. The number of nitrogens with zero attached hydrogens (tertiary/aromatic N) is 2. The van der Waals surface area contributed by atoms with Gasteiger partial charge in [-0.3, -0.25) is 4.79 Å². The third-order valence-electron chi connectivity index (χ3n) is 4.79. The molecule has 0 aliphatic heterocycles. The zero-order valence-corrected chi connectivity index (χ0v) is 18.9. The Labute approximate surface area is 196 Å². The second kappa shape index (κ2) is 9.25. The van der Waals surface area contributed by atoms with E-state index in [4.69, 9.17) is 0 Å². The molecule has 0 unspecified atom stereocenters. The van der Waals surface area contributed by atoms with Crippen molar-refractivity contribution in [2.75, 3.05) is 6.26 Å². The van der Waals surface area contributed by atoms with Crippen LogP contribution in [0, 0.1) is 0 Å². The molecule has 3 aromatic rings. The van der Waals surface area contributed by atoms with Crippen molar-refractivity contribution in [3.05, 3.63) is 77.1 Å². The van der Waals surface area contributed by atoms with Crippen LogP contribution in [0.2, 0.25) is 0 Å². The molecule has 1 heterocycles. The molecule has 0 bridgehead atoms. The smallest absolute Gasteiger partial charge is 0.294 e. The van der Waals surface area contributed by atoms with Gasteiger partial charge in [-0.2, -0.15) is 26.3 Å². The number of hydrogen-bond donors (Lipinski definition) is 0. The van der Waals surface area contributed by atoms with Gasteiger partial charge in [0.1, 0.15) is 0 Å². The highest BCUT2D eigenvalue weighted by Crippen LogP contribution is 2.38. The third-order valence-corrected chi connectivity index (χ3v) is 5.92. The molecule has 0 radical (unpaired) electrons. The highest BCUT2D eigenvalue weighted by atomic mass is 32.2. The molecule has 0 fully saturated rings. The largest absolute Gasteiger partial charge is 0.416 e. The summed E-state index contributed by atoms with van der Waals surface area (Å²) in [5.74, 6) is -0.846. The van der Waals surface area contributed by atoms with Crippen molar-refractivity contribution < 1.29 is 39.6 Å². The van der Waals surface area contributed by atoms with E-state index in [9.17, 15) is 39.6 Å². The van der Waals surface area contributed by atoms with E-state index in [2.05, 4.69) is 9.97 Å². The summed E-state index contributed by atoms with van der Waals surface area (Å²) < 4.78 is 102. The molecule has 0 saturated heterocycles. The number of benzene rings is 2. The van der Waals surface area contributed by atoms with Crippen molar-refractivity contribution in [3.63, 3.8) is 0 Å². The first kappa shape index (κ1) is 26.1. The SMILES string of the molecule is CC(=O)/C(=C/c1ccnc(-c2cc(C(F)(F)F)cc(C(F)(F)F)c2)n1)c1ccc(S(C)(=O)=O)cc1. The minimum Gasteiger partial charge on any atom is -0.294 e. The number of allylic oxidation sites excluding steroid dienone is 1. The van der Waals surface area contributed by atoms with Gasteiger partial charge in [-0.1, -0.05) is 12.1 Å². The normalized spacial score (nSPS) is 13.1. The van der Waals surface area contributed by atoms with Crippen LogP contribution in [0.3, 0.4) is 0 Å². The minimum absolute atomic E-state index is 0.00126. The number of ketones is 1. The van der Waals surface area contributed by atoms with Gasteiger partial charge in [0.25, 0.3) is 0 Å². The lowest BCUT2D eigenvalue weighted by atomic mass is 10.0. The average Bonchev–Trinajstić information content (AvgIpc) is 2.75. The fourth-order valence-electron chi connectivity index (χ4n) is 3.09. The maximum Gasteiger partial charge on any atom is 0.416 e. The molecule has 0 atom stereocenters. The van der Waals surface area contributed by atoms with Gasteiger partial charge in [0.2, 0.25) is 0 Å². The van der Waals surface area contributed by atoms with Crippen LogP contribution in [-0.4, -0.2) is 30.4 Å². The summed E-state index contributed by atoms with van der Waals surface area (Å²) in [5, 5.41) is 0. The van der Waals surface area contributed by atoms with E-state index >= 15 is 0 Å². The Balaban J connectivity index is 2.10. The van der Waals surface area contributed by atoms with Gasteiger partial charge in [-0.05, 0) is 55.0 Å². The summed E-state index contributed by atoms with van der Waals surface area (Å²) in [6, 6.07) is 7.73. The van der Waals surface area contributed by atoms with Crippen LogP contribution in [0.5, 0.6) is 0 Å². The molecule has 5 nitrogen and oxygen atoms in total. The first-order chi connectivity index (χ1) is 16.1. The second-order valence-corrected chi connectivity index (χ2v) is 9.53. The number of carbonyl (C=O) groups is 1. The minimum atomic E-state index is -5.03. The molecule has 0 aliphatic rings. The number of sulfone groups is 1. The molecule has 0 saturated carbocycles. The maximum atomic E-state index is 13.2. The Morgan fingerprint density at radius 3 is 1.89 bits per heavy atom. The van der Waals surface area contributed by atoms with Crippen molar-refractivity contribution in [1.29, 1.82) is 0 Å². The van der Waals surface area contributed by atoms with Crippen LogP contribution in [0.15, 0.2) is 59.6 Å². The summed E-state index contributed by atoms with van der Waals surface area (Å²) in [7, 11) is -3.47. The predicted molar refractivity (Wildman–Crippen MR) is 116 cm³/mol. The van der Waals surface area contributed by atoms with Gasteiger partial charge in [-0.15, -0.1) is 0 Å². The molecule has 0 N–H and O–H groups in total. The van der Waals surface area contributed by atoms with E-state index in [-0.39, 0.29) is 22.2 Å². The van der Waals surface area contributed by atoms with Crippen LogP contribution >= 0.6 is 0 Å². The maximum absolute atomic E-state index is 13.2. The molecular weight excluding hydrogens is 498 g/mol. The number of rotatable bonds is 5. The predicted octanol–water partition coefficient (Wildman–Crippen LogP) is 5.71. The van der Waals surface area contributed by atoms with Crippen molar-refractivity contribution in [2.24, 2.45) is 0 Å². The zero-order chi connectivity index (χ0) is 26.2. The third kappa shape index (κ3) is 6.32. The highest BCUT2D eigenvalue weighted by molar-refractivity contribution is 7.90. The highest BCUT2D eigenvalue weighted by Gasteiger charge is 2.37. The number of hydrogen-bond acceptors (Lipinski definition) is 5. The molecule has 0 spiro atoms. The Morgan fingerprint density at radius 1 is 0.886 bits per heavy atom. The van der Waals surface area contributed by atoms with Crippen molar-refractivity contribution >= 4 is 27.3 Å². The molecule has 1 aromatic heterocycles. The second-order valence-electron chi connectivity index (χ2n) is 7.51. The summed E-state index contributed by atoms with van der Waals surface area (Å²) in [6.07, 6.45) is -6.64. The van der Waals surface area contributed by atoms with Gasteiger partial charge in [0.05, 0.1) is 21.7 Å². The van der Waals surface area contributed by atoms with Crippen LogP contribution in [0.1, 0.15) is 29.3 Å². The lowest BCUT2D eigenvalue weighted by molar-refractivity contribution is -0.143. The van der Waals surface area contributed by atoms with Crippen LogP contribution in [0.4, 0.5) is 26.3 Å². The number of Topliss-reactive ketones (excluding diaryl/α,β-unsaturated/α-hetero) is 1. The molecule has 184 valence electrons. The van der Waals surface area contributed by atoms with E-state index in [0.717, 1.165) is 12.5 Å². The molecule has 0 amide bonds. The Kier molecular flexibility index (Phi) is 6.89. The number of alkyl halides is 6. The lowest BCUT2D eigenvalue weighted by Gasteiger charge is -2.14. The number of halogens is 6. The zero-order valence-electron chi connectivity index (χ0n) is 18.1. The first-order valence-corrected chi connectivity index (χ1v) is 11.6. The Hall–Kier alpha value is -3.54. The number of carbonyl (C=O) groups excluding carboxylic acids is 1. The quantitative estimate of drug-likeness (QED) is 0.322. The molecule has 35 heavy (non-hydrogen) atoms. The molecular formula is C23H16F6N2O3S. The molecule has 2 aromatic carbocycles.